The van der Waals surface area contributed by atoms with Gasteiger partial charge in [-0.1, -0.05) is 0 Å². The number of carbonyl (C=O) groups excluding carboxylic acids is 1. The van der Waals surface area contributed by atoms with Gasteiger partial charge in [0.1, 0.15) is 0 Å². The monoisotopic (exact) mass is 238 g/mol. The van der Waals surface area contributed by atoms with Gasteiger partial charge in [0.25, 0.3) is 0 Å². The van der Waals surface area contributed by atoms with Crippen LogP contribution in [-0.2, 0) is 9.53 Å². The average Bonchev–Trinajstić information content (AvgIpc) is 3.21. The molecule has 0 radical (unpaired) electrons. The van der Waals surface area contributed by atoms with Crippen molar-refractivity contribution < 1.29 is 9.53 Å². The van der Waals surface area contributed by atoms with E-state index in [-0.39, 0.29) is 11.9 Å². The van der Waals surface area contributed by atoms with Gasteiger partial charge in [-0.25, -0.2) is 0 Å². The molecule has 1 aliphatic heterocycles. The van der Waals surface area contributed by atoms with Crippen molar-refractivity contribution in [2.24, 2.45) is 5.92 Å². The van der Waals surface area contributed by atoms with E-state index in [1.54, 1.807) is 0 Å². The summed E-state index contributed by atoms with van der Waals surface area (Å²) < 4.78 is 5.77. The average molecular weight is 238 g/mol. The molecule has 1 amide bonds. The Morgan fingerprint density at radius 3 is 2.65 bits per heavy atom. The summed E-state index contributed by atoms with van der Waals surface area (Å²) >= 11 is 0. The molecule has 96 valence electrons. The number of ether oxygens (including phenoxy) is 1. The maximum Gasteiger partial charge on any atom is 0.237 e. The van der Waals surface area contributed by atoms with Crippen molar-refractivity contribution in [3.63, 3.8) is 0 Å². The normalized spacial score (nSPS) is 34.6. The van der Waals surface area contributed by atoms with Crippen LogP contribution in [0.4, 0.5) is 0 Å². The SMILES string of the molecule is CC(NC1CCOC1C1CC1)C(=O)NC1CC1. The lowest BCUT2D eigenvalue weighted by atomic mass is 10.1. The predicted molar refractivity (Wildman–Crippen MR) is 64.6 cm³/mol. The lowest BCUT2D eigenvalue weighted by Gasteiger charge is -2.23. The molecule has 2 aliphatic carbocycles. The fraction of sp³-hybridized carbons (Fsp3) is 0.923. The topological polar surface area (TPSA) is 50.4 Å². The van der Waals surface area contributed by atoms with E-state index >= 15 is 0 Å². The van der Waals surface area contributed by atoms with Crippen LogP contribution in [0, 0.1) is 5.92 Å². The molecular weight excluding hydrogens is 216 g/mol. The first-order valence-corrected chi connectivity index (χ1v) is 6.92. The molecular formula is C13H22N2O2. The number of hydrogen-bond acceptors (Lipinski definition) is 3. The maximum absolute atomic E-state index is 11.9. The van der Waals surface area contributed by atoms with Crippen LogP contribution >= 0.6 is 0 Å². The fourth-order valence-corrected chi connectivity index (χ4v) is 2.63. The Morgan fingerprint density at radius 2 is 2.00 bits per heavy atom. The summed E-state index contributed by atoms with van der Waals surface area (Å²) in [7, 11) is 0. The molecule has 0 aromatic heterocycles. The van der Waals surface area contributed by atoms with Crippen molar-refractivity contribution in [2.75, 3.05) is 6.61 Å². The molecule has 2 N–H and O–H groups in total. The Kier molecular flexibility index (Phi) is 3.09. The quantitative estimate of drug-likeness (QED) is 0.745. The van der Waals surface area contributed by atoms with Crippen LogP contribution in [0.15, 0.2) is 0 Å². The number of hydrogen-bond donors (Lipinski definition) is 2. The van der Waals surface area contributed by atoms with Gasteiger partial charge >= 0.3 is 0 Å². The third-order valence-corrected chi connectivity index (χ3v) is 4.00. The van der Waals surface area contributed by atoms with Crippen LogP contribution in [0.5, 0.6) is 0 Å². The standard InChI is InChI=1S/C13H22N2O2/c1-8(13(16)15-10-4-5-10)14-11-6-7-17-12(11)9-2-3-9/h8-12,14H,2-7H2,1H3,(H,15,16). The van der Waals surface area contributed by atoms with E-state index in [2.05, 4.69) is 10.6 Å². The Hall–Kier alpha value is -0.610. The van der Waals surface area contributed by atoms with Gasteiger partial charge in [0, 0.05) is 18.7 Å². The second-order valence-electron chi connectivity index (χ2n) is 5.74. The third-order valence-electron chi connectivity index (χ3n) is 4.00. The minimum atomic E-state index is -0.0939. The second-order valence-corrected chi connectivity index (χ2v) is 5.74. The molecule has 0 aromatic carbocycles. The van der Waals surface area contributed by atoms with E-state index < -0.39 is 0 Å². The van der Waals surface area contributed by atoms with Crippen molar-refractivity contribution in [3.05, 3.63) is 0 Å². The van der Waals surface area contributed by atoms with Crippen molar-refractivity contribution in [3.8, 4) is 0 Å². The molecule has 17 heavy (non-hydrogen) atoms. The Labute approximate surface area is 102 Å². The van der Waals surface area contributed by atoms with Crippen LogP contribution in [0.2, 0.25) is 0 Å². The molecule has 4 heteroatoms. The summed E-state index contributed by atoms with van der Waals surface area (Å²) in [6.45, 7) is 2.80. The van der Waals surface area contributed by atoms with Gasteiger partial charge in [-0.15, -0.1) is 0 Å². The highest BCUT2D eigenvalue weighted by molar-refractivity contribution is 5.81. The van der Waals surface area contributed by atoms with Gasteiger partial charge in [-0.2, -0.15) is 0 Å². The molecule has 4 nitrogen and oxygen atoms in total. The minimum absolute atomic E-state index is 0.0939. The number of rotatable bonds is 5. The Balaban J connectivity index is 1.48. The van der Waals surface area contributed by atoms with Gasteiger partial charge in [0.2, 0.25) is 5.91 Å². The predicted octanol–water partition coefficient (Wildman–Crippen LogP) is 0.811. The maximum atomic E-state index is 11.9. The zero-order chi connectivity index (χ0) is 11.8. The van der Waals surface area contributed by atoms with Crippen LogP contribution in [-0.4, -0.2) is 36.7 Å². The lowest BCUT2D eigenvalue weighted by molar-refractivity contribution is -0.123. The van der Waals surface area contributed by atoms with Gasteiger partial charge in [0.05, 0.1) is 12.1 Å². The second kappa shape index (κ2) is 4.58. The summed E-state index contributed by atoms with van der Waals surface area (Å²) in [4.78, 5) is 11.9. The van der Waals surface area contributed by atoms with Crippen LogP contribution in [0.1, 0.15) is 39.0 Å². The summed E-state index contributed by atoms with van der Waals surface area (Å²) in [5, 5.41) is 6.49. The molecule has 3 aliphatic rings. The highest BCUT2D eigenvalue weighted by atomic mass is 16.5. The van der Waals surface area contributed by atoms with E-state index in [0.29, 0.717) is 18.2 Å². The first-order valence-electron chi connectivity index (χ1n) is 6.92. The Bertz CT molecular complexity index is 300. The minimum Gasteiger partial charge on any atom is -0.376 e. The van der Waals surface area contributed by atoms with E-state index in [9.17, 15) is 4.79 Å². The first-order chi connectivity index (χ1) is 8.24. The molecule has 3 fully saturated rings. The first kappa shape index (κ1) is 11.5. The molecule has 3 atom stereocenters. The Morgan fingerprint density at radius 1 is 1.24 bits per heavy atom. The van der Waals surface area contributed by atoms with Crippen LogP contribution in [0.3, 0.4) is 0 Å². The zero-order valence-corrected chi connectivity index (χ0v) is 10.4. The van der Waals surface area contributed by atoms with E-state index in [4.69, 9.17) is 4.74 Å². The lowest BCUT2D eigenvalue weighted by Crippen LogP contribution is -2.50. The van der Waals surface area contributed by atoms with E-state index in [1.807, 2.05) is 6.92 Å². The van der Waals surface area contributed by atoms with Crippen molar-refractivity contribution in [1.29, 1.82) is 0 Å². The van der Waals surface area contributed by atoms with Gasteiger partial charge in [-0.3, -0.25) is 4.79 Å². The smallest absolute Gasteiger partial charge is 0.237 e. The molecule has 3 rings (SSSR count). The zero-order valence-electron chi connectivity index (χ0n) is 10.4. The van der Waals surface area contributed by atoms with E-state index in [0.717, 1.165) is 31.8 Å². The molecule has 1 heterocycles. The van der Waals surface area contributed by atoms with Crippen LogP contribution in [0.25, 0.3) is 0 Å². The highest BCUT2D eigenvalue weighted by Crippen LogP contribution is 2.38. The van der Waals surface area contributed by atoms with E-state index in [1.165, 1.54) is 12.8 Å². The highest BCUT2D eigenvalue weighted by Gasteiger charge is 2.41. The summed E-state index contributed by atoms with van der Waals surface area (Å²) in [6, 6.07) is 0.733. The number of carbonyl (C=O) groups is 1. The van der Waals surface area contributed by atoms with Crippen molar-refractivity contribution >= 4 is 5.91 Å². The summed E-state index contributed by atoms with van der Waals surface area (Å²) in [5.74, 6) is 0.891. The molecule has 0 spiro atoms. The number of nitrogens with one attached hydrogen (secondary N) is 2. The third kappa shape index (κ3) is 2.80. The molecule has 1 saturated heterocycles. The van der Waals surface area contributed by atoms with Crippen molar-refractivity contribution in [1.82, 2.24) is 10.6 Å². The van der Waals surface area contributed by atoms with Gasteiger partial charge in [-0.05, 0) is 44.9 Å². The van der Waals surface area contributed by atoms with Gasteiger partial charge < -0.3 is 15.4 Å². The summed E-state index contributed by atoms with van der Waals surface area (Å²) in [5.41, 5.74) is 0. The van der Waals surface area contributed by atoms with Crippen molar-refractivity contribution in [2.45, 2.75) is 63.3 Å². The van der Waals surface area contributed by atoms with Crippen LogP contribution < -0.4 is 10.6 Å². The fourth-order valence-electron chi connectivity index (χ4n) is 2.63. The number of amides is 1. The molecule has 0 bridgehead atoms. The van der Waals surface area contributed by atoms with Gasteiger partial charge in [0.15, 0.2) is 0 Å². The molecule has 3 unspecified atom stereocenters. The molecule has 0 aromatic rings. The molecule has 2 saturated carbocycles. The largest absolute Gasteiger partial charge is 0.376 e. The summed E-state index contributed by atoms with van der Waals surface area (Å²) in [6.07, 6.45) is 6.29.